The monoisotopic (exact) mass is 238 g/mol. The molecule has 1 aliphatic heterocycles. The summed E-state index contributed by atoms with van der Waals surface area (Å²) in [7, 11) is 0. The van der Waals surface area contributed by atoms with Gasteiger partial charge in [-0.3, -0.25) is 0 Å². The summed E-state index contributed by atoms with van der Waals surface area (Å²) in [4.78, 5) is 2.73. The summed E-state index contributed by atoms with van der Waals surface area (Å²) < 4.78 is 0. The Morgan fingerprint density at radius 1 is 0.765 bits per heavy atom. The lowest BCUT2D eigenvalue weighted by molar-refractivity contribution is 0.146. The van der Waals surface area contributed by atoms with E-state index >= 15 is 0 Å². The molecule has 0 aromatic rings. The van der Waals surface area contributed by atoms with Crippen molar-refractivity contribution in [2.45, 2.75) is 57.8 Å². The van der Waals surface area contributed by atoms with Crippen LogP contribution in [-0.2, 0) is 0 Å². The van der Waals surface area contributed by atoms with Crippen LogP contribution in [0.25, 0.3) is 0 Å². The van der Waals surface area contributed by atoms with Gasteiger partial charge in [0.25, 0.3) is 0 Å². The Hall–Kier alpha value is -0.0800. The molecule has 2 atom stereocenters. The molecular weight excluding hydrogens is 208 g/mol. The first-order valence-corrected chi connectivity index (χ1v) is 7.82. The van der Waals surface area contributed by atoms with Gasteiger partial charge in [0.15, 0.2) is 0 Å². The number of rotatable bonds is 3. The van der Waals surface area contributed by atoms with Gasteiger partial charge in [-0.2, -0.15) is 0 Å². The van der Waals surface area contributed by atoms with Gasteiger partial charge in [-0.15, -0.1) is 0 Å². The average molecular weight is 238 g/mol. The normalized spacial score (nSPS) is 33.0. The summed E-state index contributed by atoms with van der Waals surface area (Å²) in [5, 5.41) is 0. The Morgan fingerprint density at radius 2 is 1.35 bits per heavy atom. The molecule has 1 aliphatic carbocycles. The minimum Gasteiger partial charge on any atom is -0.330 e. The lowest BCUT2D eigenvalue weighted by Gasteiger charge is -2.35. The van der Waals surface area contributed by atoms with Gasteiger partial charge in [-0.25, -0.2) is 0 Å². The smallest absolute Gasteiger partial charge is 0.00128 e. The largest absolute Gasteiger partial charge is 0.330 e. The highest BCUT2D eigenvalue weighted by atomic mass is 15.1. The highest BCUT2D eigenvalue weighted by molar-refractivity contribution is 4.79. The van der Waals surface area contributed by atoms with Crippen LogP contribution in [0.15, 0.2) is 0 Å². The van der Waals surface area contributed by atoms with E-state index in [1.807, 2.05) is 0 Å². The van der Waals surface area contributed by atoms with Gasteiger partial charge in [-0.1, -0.05) is 32.1 Å². The number of nitrogens with two attached hydrogens (primary N) is 1. The maximum atomic E-state index is 5.94. The Morgan fingerprint density at radius 3 is 2.00 bits per heavy atom. The van der Waals surface area contributed by atoms with Gasteiger partial charge in [0.05, 0.1) is 0 Å². The third-order valence-corrected chi connectivity index (χ3v) is 4.81. The zero-order valence-electron chi connectivity index (χ0n) is 11.4. The van der Waals surface area contributed by atoms with Crippen LogP contribution in [0.3, 0.4) is 0 Å². The second kappa shape index (κ2) is 7.38. The molecular formula is C15H30N2. The molecule has 0 bridgehead atoms. The van der Waals surface area contributed by atoms with Crippen molar-refractivity contribution in [3.05, 3.63) is 0 Å². The van der Waals surface area contributed by atoms with Crippen LogP contribution in [0, 0.1) is 11.8 Å². The number of likely N-dealkylation sites (tertiary alicyclic amines) is 1. The number of nitrogens with zero attached hydrogens (tertiary/aromatic N) is 1. The number of hydrogen-bond donors (Lipinski definition) is 1. The van der Waals surface area contributed by atoms with Crippen LogP contribution in [0.1, 0.15) is 57.8 Å². The van der Waals surface area contributed by atoms with E-state index < -0.39 is 0 Å². The van der Waals surface area contributed by atoms with Crippen LogP contribution in [0.5, 0.6) is 0 Å². The number of hydrogen-bond acceptors (Lipinski definition) is 2. The summed E-state index contributed by atoms with van der Waals surface area (Å²) in [5.74, 6) is 1.71. The van der Waals surface area contributed by atoms with Crippen molar-refractivity contribution in [1.29, 1.82) is 0 Å². The first kappa shape index (κ1) is 13.4. The highest BCUT2D eigenvalue weighted by Crippen LogP contribution is 2.30. The SMILES string of the molecule is NCC1CCCCC1CN1CCCCCCC1. The average Bonchev–Trinajstić information content (AvgIpc) is 2.33. The fourth-order valence-corrected chi connectivity index (χ4v) is 3.66. The van der Waals surface area contributed by atoms with Crippen LogP contribution in [0.2, 0.25) is 0 Å². The minimum atomic E-state index is 0.814. The summed E-state index contributed by atoms with van der Waals surface area (Å²) in [6, 6.07) is 0. The lowest BCUT2D eigenvalue weighted by Crippen LogP contribution is -2.38. The Balaban J connectivity index is 1.80. The van der Waals surface area contributed by atoms with E-state index in [1.54, 1.807) is 0 Å². The molecule has 2 unspecified atom stereocenters. The molecule has 1 saturated carbocycles. The van der Waals surface area contributed by atoms with Crippen LogP contribution in [0.4, 0.5) is 0 Å². The van der Waals surface area contributed by atoms with Crippen LogP contribution >= 0.6 is 0 Å². The van der Waals surface area contributed by atoms with Crippen molar-refractivity contribution < 1.29 is 0 Å². The topological polar surface area (TPSA) is 29.3 Å². The first-order valence-electron chi connectivity index (χ1n) is 7.82. The minimum absolute atomic E-state index is 0.814. The van der Waals surface area contributed by atoms with Crippen LogP contribution in [-0.4, -0.2) is 31.1 Å². The van der Waals surface area contributed by atoms with Gasteiger partial charge < -0.3 is 10.6 Å². The second-order valence-corrected chi connectivity index (χ2v) is 6.11. The molecule has 1 heterocycles. The fraction of sp³-hybridized carbons (Fsp3) is 1.00. The molecule has 2 heteroatoms. The van der Waals surface area contributed by atoms with Crippen molar-refractivity contribution in [2.75, 3.05) is 26.2 Å². The van der Waals surface area contributed by atoms with Crippen molar-refractivity contribution in [3.63, 3.8) is 0 Å². The van der Waals surface area contributed by atoms with Crippen molar-refractivity contribution >= 4 is 0 Å². The second-order valence-electron chi connectivity index (χ2n) is 6.11. The Labute approximate surface area is 107 Å². The summed E-state index contributed by atoms with van der Waals surface area (Å²) >= 11 is 0. The zero-order chi connectivity index (χ0) is 11.9. The molecule has 0 aromatic carbocycles. The molecule has 2 N–H and O–H groups in total. The Bertz CT molecular complexity index is 197. The lowest BCUT2D eigenvalue weighted by atomic mass is 9.79. The van der Waals surface area contributed by atoms with E-state index in [4.69, 9.17) is 5.73 Å². The fourth-order valence-electron chi connectivity index (χ4n) is 3.66. The zero-order valence-corrected chi connectivity index (χ0v) is 11.4. The first-order chi connectivity index (χ1) is 8.40. The molecule has 17 heavy (non-hydrogen) atoms. The van der Waals surface area contributed by atoms with E-state index in [2.05, 4.69) is 4.90 Å². The van der Waals surface area contributed by atoms with E-state index in [0.717, 1.165) is 18.4 Å². The molecule has 2 nitrogen and oxygen atoms in total. The van der Waals surface area contributed by atoms with Crippen molar-refractivity contribution in [2.24, 2.45) is 17.6 Å². The third kappa shape index (κ3) is 4.26. The Kier molecular flexibility index (Phi) is 5.79. The maximum absolute atomic E-state index is 5.94. The molecule has 1 saturated heterocycles. The van der Waals surface area contributed by atoms with Gasteiger partial charge in [-0.05, 0) is 57.2 Å². The summed E-state index contributed by atoms with van der Waals surface area (Å²) in [5.41, 5.74) is 5.94. The molecule has 0 amide bonds. The van der Waals surface area contributed by atoms with Gasteiger partial charge >= 0.3 is 0 Å². The van der Waals surface area contributed by atoms with E-state index in [-0.39, 0.29) is 0 Å². The molecule has 2 fully saturated rings. The van der Waals surface area contributed by atoms with E-state index in [1.165, 1.54) is 77.4 Å². The summed E-state index contributed by atoms with van der Waals surface area (Å²) in [6.07, 6.45) is 12.9. The molecule has 0 spiro atoms. The third-order valence-electron chi connectivity index (χ3n) is 4.81. The van der Waals surface area contributed by atoms with Crippen molar-refractivity contribution in [1.82, 2.24) is 4.90 Å². The van der Waals surface area contributed by atoms with Crippen molar-refractivity contribution in [3.8, 4) is 0 Å². The van der Waals surface area contributed by atoms with E-state index in [0.29, 0.717) is 0 Å². The van der Waals surface area contributed by atoms with Gasteiger partial charge in [0.1, 0.15) is 0 Å². The maximum Gasteiger partial charge on any atom is 0.00128 e. The summed E-state index contributed by atoms with van der Waals surface area (Å²) in [6.45, 7) is 4.93. The standard InChI is InChI=1S/C15H30N2/c16-12-14-8-4-5-9-15(14)13-17-10-6-2-1-3-7-11-17/h14-15H,1-13,16H2. The van der Waals surface area contributed by atoms with Crippen LogP contribution < -0.4 is 5.73 Å². The molecule has 0 aromatic heterocycles. The van der Waals surface area contributed by atoms with E-state index in [9.17, 15) is 0 Å². The quantitative estimate of drug-likeness (QED) is 0.819. The predicted octanol–water partition coefficient (Wildman–Crippen LogP) is 3.02. The highest BCUT2D eigenvalue weighted by Gasteiger charge is 2.25. The van der Waals surface area contributed by atoms with Gasteiger partial charge in [0, 0.05) is 6.54 Å². The predicted molar refractivity (Wildman–Crippen MR) is 74.0 cm³/mol. The molecule has 2 rings (SSSR count). The molecule has 100 valence electrons. The molecule has 0 radical (unpaired) electrons. The van der Waals surface area contributed by atoms with Gasteiger partial charge in [0.2, 0.25) is 0 Å². The molecule has 2 aliphatic rings.